The predicted octanol–water partition coefficient (Wildman–Crippen LogP) is 1.34. The van der Waals surface area contributed by atoms with E-state index in [1.165, 1.54) is 0 Å². The third kappa shape index (κ3) is 3.68. The van der Waals surface area contributed by atoms with Crippen LogP contribution in [0.2, 0.25) is 0 Å². The van der Waals surface area contributed by atoms with Gasteiger partial charge in [-0.15, -0.1) is 12.4 Å². The Morgan fingerprint density at radius 2 is 2.39 bits per heavy atom. The SMILES string of the molecule is COC1CCN(Cc2cc(C)no2)C(CN)C1.Cl. The molecule has 0 amide bonds. The lowest BCUT2D eigenvalue weighted by molar-refractivity contribution is 0.00737. The smallest absolute Gasteiger partial charge is 0.150 e. The second kappa shape index (κ2) is 7.09. The number of likely N-dealkylation sites (tertiary alicyclic amines) is 1. The highest BCUT2D eigenvalue weighted by Crippen LogP contribution is 2.21. The molecule has 0 saturated carbocycles. The largest absolute Gasteiger partial charge is 0.381 e. The van der Waals surface area contributed by atoms with Crippen LogP contribution in [-0.2, 0) is 11.3 Å². The highest BCUT2D eigenvalue weighted by atomic mass is 35.5. The van der Waals surface area contributed by atoms with Crippen LogP contribution in [-0.4, -0.2) is 42.4 Å². The highest BCUT2D eigenvalue weighted by Gasteiger charge is 2.28. The minimum Gasteiger partial charge on any atom is -0.381 e. The topological polar surface area (TPSA) is 64.5 Å². The van der Waals surface area contributed by atoms with Gasteiger partial charge in [0, 0.05) is 32.3 Å². The summed E-state index contributed by atoms with van der Waals surface area (Å²) >= 11 is 0. The first-order chi connectivity index (χ1) is 8.22. The summed E-state index contributed by atoms with van der Waals surface area (Å²) in [5, 5.41) is 3.91. The fraction of sp³-hybridized carbons (Fsp3) is 0.750. The lowest BCUT2D eigenvalue weighted by atomic mass is 9.99. The summed E-state index contributed by atoms with van der Waals surface area (Å²) in [5.41, 5.74) is 6.75. The van der Waals surface area contributed by atoms with Crippen molar-refractivity contribution in [3.8, 4) is 0 Å². The van der Waals surface area contributed by atoms with Gasteiger partial charge in [-0.2, -0.15) is 0 Å². The molecular formula is C12H22ClN3O2. The highest BCUT2D eigenvalue weighted by molar-refractivity contribution is 5.85. The molecule has 0 spiro atoms. The van der Waals surface area contributed by atoms with E-state index in [1.807, 2.05) is 13.0 Å². The molecule has 0 aromatic carbocycles. The van der Waals surface area contributed by atoms with Crippen LogP contribution in [0, 0.1) is 6.92 Å². The molecule has 2 N–H and O–H groups in total. The van der Waals surface area contributed by atoms with Gasteiger partial charge in [-0.05, 0) is 19.8 Å². The lowest BCUT2D eigenvalue weighted by Crippen LogP contribution is -2.47. The number of hydrogen-bond acceptors (Lipinski definition) is 5. The fourth-order valence-corrected chi connectivity index (χ4v) is 2.42. The molecule has 0 bridgehead atoms. The normalized spacial score (nSPS) is 24.8. The third-order valence-corrected chi connectivity index (χ3v) is 3.43. The van der Waals surface area contributed by atoms with Crippen molar-refractivity contribution in [3.63, 3.8) is 0 Å². The molecule has 2 heterocycles. The van der Waals surface area contributed by atoms with Crippen molar-refractivity contribution in [1.82, 2.24) is 10.1 Å². The van der Waals surface area contributed by atoms with E-state index in [4.69, 9.17) is 15.0 Å². The summed E-state index contributed by atoms with van der Waals surface area (Å²) in [6.45, 7) is 4.39. The van der Waals surface area contributed by atoms with E-state index in [-0.39, 0.29) is 12.4 Å². The zero-order valence-electron chi connectivity index (χ0n) is 11.0. The third-order valence-electron chi connectivity index (χ3n) is 3.43. The maximum atomic E-state index is 5.83. The molecule has 2 unspecified atom stereocenters. The van der Waals surface area contributed by atoms with Gasteiger partial charge in [-0.3, -0.25) is 4.90 Å². The molecule has 1 saturated heterocycles. The number of aryl methyl sites for hydroxylation is 1. The summed E-state index contributed by atoms with van der Waals surface area (Å²) in [6.07, 6.45) is 2.40. The zero-order valence-corrected chi connectivity index (χ0v) is 11.8. The van der Waals surface area contributed by atoms with Crippen molar-refractivity contribution in [2.75, 3.05) is 20.2 Å². The number of halogens is 1. The van der Waals surface area contributed by atoms with E-state index >= 15 is 0 Å². The molecule has 1 aliphatic rings. The lowest BCUT2D eigenvalue weighted by Gasteiger charge is -2.37. The second-order valence-corrected chi connectivity index (χ2v) is 4.68. The average Bonchev–Trinajstić information content (AvgIpc) is 2.75. The minimum absolute atomic E-state index is 0. The molecule has 1 aromatic rings. The van der Waals surface area contributed by atoms with Gasteiger partial charge in [-0.25, -0.2) is 0 Å². The number of nitrogens with zero attached hydrogens (tertiary/aromatic N) is 2. The van der Waals surface area contributed by atoms with Gasteiger partial charge >= 0.3 is 0 Å². The van der Waals surface area contributed by atoms with E-state index in [9.17, 15) is 0 Å². The van der Waals surface area contributed by atoms with E-state index in [0.717, 1.165) is 37.4 Å². The van der Waals surface area contributed by atoms with E-state index in [2.05, 4.69) is 10.1 Å². The minimum atomic E-state index is 0. The number of methoxy groups -OCH3 is 1. The van der Waals surface area contributed by atoms with Crippen LogP contribution in [0.5, 0.6) is 0 Å². The van der Waals surface area contributed by atoms with Gasteiger partial charge < -0.3 is 15.0 Å². The Balaban J connectivity index is 0.00000162. The van der Waals surface area contributed by atoms with Gasteiger partial charge in [0.15, 0.2) is 5.76 Å². The van der Waals surface area contributed by atoms with Crippen molar-refractivity contribution in [3.05, 3.63) is 17.5 Å². The van der Waals surface area contributed by atoms with Gasteiger partial charge in [0.2, 0.25) is 0 Å². The Morgan fingerprint density at radius 1 is 1.61 bits per heavy atom. The number of rotatable bonds is 4. The Bertz CT molecular complexity index is 359. The van der Waals surface area contributed by atoms with Gasteiger partial charge in [0.1, 0.15) is 0 Å². The number of hydrogen-bond donors (Lipinski definition) is 1. The Labute approximate surface area is 114 Å². The molecule has 1 aromatic heterocycles. The van der Waals surface area contributed by atoms with Crippen LogP contribution in [0.25, 0.3) is 0 Å². The Hall–Kier alpha value is -0.620. The van der Waals surface area contributed by atoms with Gasteiger partial charge in [0.05, 0.1) is 18.3 Å². The first kappa shape index (κ1) is 15.4. The Kier molecular flexibility index (Phi) is 6.08. The number of piperidine rings is 1. The first-order valence-electron chi connectivity index (χ1n) is 6.12. The molecular weight excluding hydrogens is 254 g/mol. The first-order valence-corrected chi connectivity index (χ1v) is 6.12. The number of aromatic nitrogens is 1. The molecule has 5 nitrogen and oxygen atoms in total. The van der Waals surface area contributed by atoms with Crippen molar-refractivity contribution < 1.29 is 9.26 Å². The maximum absolute atomic E-state index is 5.83. The zero-order chi connectivity index (χ0) is 12.3. The van der Waals surface area contributed by atoms with Crippen LogP contribution < -0.4 is 5.73 Å². The number of ether oxygens (including phenoxy) is 1. The van der Waals surface area contributed by atoms with Crippen molar-refractivity contribution in [2.45, 2.75) is 38.5 Å². The molecule has 104 valence electrons. The molecule has 0 radical (unpaired) electrons. The quantitative estimate of drug-likeness (QED) is 0.898. The molecule has 2 rings (SSSR count). The van der Waals surface area contributed by atoms with Crippen LogP contribution in [0.1, 0.15) is 24.3 Å². The average molecular weight is 276 g/mol. The van der Waals surface area contributed by atoms with E-state index in [0.29, 0.717) is 18.7 Å². The van der Waals surface area contributed by atoms with Crippen molar-refractivity contribution in [1.29, 1.82) is 0 Å². The van der Waals surface area contributed by atoms with Crippen molar-refractivity contribution >= 4 is 12.4 Å². The molecule has 6 heteroatoms. The van der Waals surface area contributed by atoms with Crippen LogP contribution in [0.15, 0.2) is 10.6 Å². The van der Waals surface area contributed by atoms with Crippen LogP contribution in [0.3, 0.4) is 0 Å². The molecule has 1 aliphatic heterocycles. The number of nitrogens with two attached hydrogens (primary N) is 1. The van der Waals surface area contributed by atoms with E-state index < -0.39 is 0 Å². The predicted molar refractivity (Wildman–Crippen MR) is 71.8 cm³/mol. The summed E-state index contributed by atoms with van der Waals surface area (Å²) in [6, 6.07) is 2.36. The fourth-order valence-electron chi connectivity index (χ4n) is 2.42. The summed E-state index contributed by atoms with van der Waals surface area (Å²) in [4.78, 5) is 2.36. The maximum Gasteiger partial charge on any atom is 0.150 e. The van der Waals surface area contributed by atoms with E-state index in [1.54, 1.807) is 7.11 Å². The summed E-state index contributed by atoms with van der Waals surface area (Å²) in [7, 11) is 1.77. The molecule has 1 fully saturated rings. The Morgan fingerprint density at radius 3 is 2.94 bits per heavy atom. The van der Waals surface area contributed by atoms with Gasteiger partial charge in [-0.1, -0.05) is 5.16 Å². The second-order valence-electron chi connectivity index (χ2n) is 4.68. The summed E-state index contributed by atoms with van der Waals surface area (Å²) < 4.78 is 10.7. The molecule has 18 heavy (non-hydrogen) atoms. The van der Waals surface area contributed by atoms with Crippen LogP contribution >= 0.6 is 12.4 Å². The standard InChI is InChI=1S/C12H21N3O2.ClH/c1-9-5-12(17-14-9)8-15-4-3-11(16-2)6-10(15)7-13;/h5,10-11H,3-4,6-8,13H2,1-2H3;1H. The monoisotopic (exact) mass is 275 g/mol. The molecule has 2 atom stereocenters. The van der Waals surface area contributed by atoms with Crippen LogP contribution in [0.4, 0.5) is 0 Å². The van der Waals surface area contributed by atoms with Gasteiger partial charge in [0.25, 0.3) is 0 Å². The molecule has 0 aliphatic carbocycles. The van der Waals surface area contributed by atoms with Crippen molar-refractivity contribution in [2.24, 2.45) is 5.73 Å². The summed E-state index contributed by atoms with van der Waals surface area (Å²) in [5.74, 6) is 0.914.